The van der Waals surface area contributed by atoms with E-state index in [-0.39, 0.29) is 0 Å². The Hall–Kier alpha value is -2.78. The minimum absolute atomic E-state index is 0.635. The maximum atomic E-state index is 5.00. The third kappa shape index (κ3) is 3.73. The van der Waals surface area contributed by atoms with Crippen LogP contribution in [-0.2, 0) is 6.54 Å². The van der Waals surface area contributed by atoms with Gasteiger partial charge in [0.25, 0.3) is 0 Å². The predicted molar refractivity (Wildman–Crippen MR) is 107 cm³/mol. The molecule has 1 aromatic carbocycles. The lowest BCUT2D eigenvalue weighted by atomic mass is 10.1. The molecule has 2 heterocycles. The fourth-order valence-corrected chi connectivity index (χ4v) is 3.16. The van der Waals surface area contributed by atoms with Crippen molar-refractivity contribution < 1.29 is 0 Å². The van der Waals surface area contributed by atoms with Crippen LogP contribution in [0.15, 0.2) is 35.4 Å². The zero-order valence-corrected chi connectivity index (χ0v) is 15.7. The number of hydrogen-bond donors (Lipinski definition) is 2. The lowest BCUT2D eigenvalue weighted by molar-refractivity contribution is 0.570. The number of imidazole rings is 1. The van der Waals surface area contributed by atoms with Crippen molar-refractivity contribution in [2.24, 2.45) is 5.10 Å². The molecule has 0 unspecified atom stereocenters. The zero-order chi connectivity index (χ0) is 18.4. The molecule has 0 radical (unpaired) electrons. The smallest absolute Gasteiger partial charge is 0.207 e. The zero-order valence-electron chi connectivity index (χ0n) is 15.7. The number of anilines is 1. The molecule has 0 atom stereocenters. The molecule has 1 fully saturated rings. The molecule has 1 aliphatic heterocycles. The summed E-state index contributed by atoms with van der Waals surface area (Å²) in [5.74, 6) is 7.15. The summed E-state index contributed by atoms with van der Waals surface area (Å²) >= 11 is 0. The summed E-state index contributed by atoms with van der Waals surface area (Å²) in [6.07, 6.45) is 0. The fraction of sp³-hybridized carbons (Fsp3) is 0.400. The molecule has 2 N–H and O–H groups in total. The Bertz CT molecular complexity index is 819. The van der Waals surface area contributed by atoms with Crippen molar-refractivity contribution in [2.75, 3.05) is 38.1 Å². The molecule has 0 spiro atoms. The first-order chi connectivity index (χ1) is 12.8. The molecule has 136 valence electrons. The normalized spacial score (nSPS) is 14.7. The lowest BCUT2D eigenvalue weighted by Gasteiger charge is -2.28. The third-order valence-electron chi connectivity index (χ3n) is 4.51. The molecule has 0 bridgehead atoms. The largest absolute Gasteiger partial charge is 0.340 e. The van der Waals surface area contributed by atoms with E-state index in [1.165, 1.54) is 0 Å². The van der Waals surface area contributed by atoms with Crippen LogP contribution >= 0.6 is 0 Å². The maximum Gasteiger partial charge on any atom is 0.207 e. The van der Waals surface area contributed by atoms with Gasteiger partial charge in [-0.25, -0.2) is 4.98 Å². The number of hydrogen-bond acceptors (Lipinski definition) is 5. The molecule has 3 rings (SSSR count). The van der Waals surface area contributed by atoms with Crippen molar-refractivity contribution >= 4 is 11.7 Å². The number of benzene rings is 1. The summed E-state index contributed by atoms with van der Waals surface area (Å²) in [6, 6.07) is 10.2. The van der Waals surface area contributed by atoms with E-state index in [2.05, 4.69) is 56.2 Å². The van der Waals surface area contributed by atoms with E-state index in [4.69, 9.17) is 4.98 Å². The van der Waals surface area contributed by atoms with Gasteiger partial charge in [0.15, 0.2) is 0 Å². The van der Waals surface area contributed by atoms with Gasteiger partial charge >= 0.3 is 0 Å². The molecule has 0 amide bonds. The van der Waals surface area contributed by atoms with Crippen LogP contribution in [0.5, 0.6) is 0 Å². The second kappa shape index (κ2) is 8.54. The molecular formula is C20H26N6. The predicted octanol–water partition coefficient (Wildman–Crippen LogP) is 1.60. The molecule has 2 aromatic rings. The molecule has 0 saturated carbocycles. The number of aromatic nitrogens is 2. The summed E-state index contributed by atoms with van der Waals surface area (Å²) in [7, 11) is 1.81. The van der Waals surface area contributed by atoms with E-state index in [0.717, 1.165) is 54.8 Å². The average Bonchev–Trinajstić information content (AvgIpc) is 3.02. The summed E-state index contributed by atoms with van der Waals surface area (Å²) in [5.41, 5.74) is 6.81. The lowest BCUT2D eigenvalue weighted by Crippen LogP contribution is -2.44. The number of piperazine rings is 1. The molecule has 1 aromatic heterocycles. The molecule has 0 aliphatic carbocycles. The van der Waals surface area contributed by atoms with Gasteiger partial charge in [0, 0.05) is 44.5 Å². The Morgan fingerprint density at radius 3 is 2.65 bits per heavy atom. The van der Waals surface area contributed by atoms with E-state index in [0.29, 0.717) is 6.54 Å². The van der Waals surface area contributed by atoms with Crippen molar-refractivity contribution in [1.82, 2.24) is 20.3 Å². The van der Waals surface area contributed by atoms with Gasteiger partial charge in [-0.05, 0) is 13.8 Å². The first-order valence-corrected chi connectivity index (χ1v) is 8.99. The van der Waals surface area contributed by atoms with E-state index in [1.807, 2.05) is 32.2 Å². The summed E-state index contributed by atoms with van der Waals surface area (Å²) in [6.45, 7) is 8.43. The van der Waals surface area contributed by atoms with E-state index in [1.54, 1.807) is 0 Å². The Morgan fingerprint density at radius 2 is 2.00 bits per heavy atom. The summed E-state index contributed by atoms with van der Waals surface area (Å²) in [4.78, 5) is 7.33. The Kier molecular flexibility index (Phi) is 5.92. The van der Waals surface area contributed by atoms with Crippen LogP contribution in [0.25, 0.3) is 0 Å². The first-order valence-electron chi connectivity index (χ1n) is 8.99. The van der Waals surface area contributed by atoms with Gasteiger partial charge in [-0.15, -0.1) is 5.92 Å². The molecule has 1 aliphatic rings. The maximum absolute atomic E-state index is 5.00. The highest BCUT2D eigenvalue weighted by molar-refractivity contribution is 6.12. The first kappa shape index (κ1) is 18.0. The van der Waals surface area contributed by atoms with Gasteiger partial charge in [-0.3, -0.25) is 0 Å². The topological polar surface area (TPSA) is 57.5 Å². The Labute approximate surface area is 155 Å². The Morgan fingerprint density at radius 1 is 1.27 bits per heavy atom. The quantitative estimate of drug-likeness (QED) is 0.489. The minimum atomic E-state index is 0.635. The summed E-state index contributed by atoms with van der Waals surface area (Å²) in [5, 5.41) is 7.93. The van der Waals surface area contributed by atoms with Crippen molar-refractivity contribution in [3.63, 3.8) is 0 Å². The molecule has 6 nitrogen and oxygen atoms in total. The van der Waals surface area contributed by atoms with E-state index < -0.39 is 0 Å². The van der Waals surface area contributed by atoms with Gasteiger partial charge in [0.05, 0.1) is 6.54 Å². The van der Waals surface area contributed by atoms with Crippen LogP contribution in [0.4, 0.5) is 5.95 Å². The monoisotopic (exact) mass is 350 g/mol. The van der Waals surface area contributed by atoms with Crippen molar-refractivity contribution in [2.45, 2.75) is 20.4 Å². The third-order valence-corrected chi connectivity index (χ3v) is 4.51. The molecule has 6 heteroatoms. The summed E-state index contributed by atoms with van der Waals surface area (Å²) < 4.78 is 2.20. The Balaban J connectivity index is 2.09. The van der Waals surface area contributed by atoms with E-state index >= 15 is 0 Å². The average molecular weight is 350 g/mol. The highest BCUT2D eigenvalue weighted by atomic mass is 15.3. The van der Waals surface area contributed by atoms with Crippen molar-refractivity contribution in [1.29, 1.82) is 0 Å². The number of rotatable bonds is 5. The highest BCUT2D eigenvalue weighted by Crippen LogP contribution is 2.22. The van der Waals surface area contributed by atoms with Crippen molar-refractivity contribution in [3.05, 3.63) is 47.3 Å². The molecule has 1 saturated heterocycles. The van der Waals surface area contributed by atoms with Gasteiger partial charge < -0.3 is 20.2 Å². The second-order valence-electron chi connectivity index (χ2n) is 6.15. The van der Waals surface area contributed by atoms with Gasteiger partial charge in [0.2, 0.25) is 5.95 Å². The van der Waals surface area contributed by atoms with Crippen LogP contribution in [0.3, 0.4) is 0 Å². The number of nitrogens with one attached hydrogen (secondary N) is 2. The highest BCUT2D eigenvalue weighted by Gasteiger charge is 2.23. The minimum Gasteiger partial charge on any atom is -0.340 e. The standard InChI is InChI=1S/C20H26N6/c1-4-5-13-26-16(2)18(23-20(26)25-14-11-22-12-15-25)19(24-21-3)17-9-7-6-8-10-17/h6-10,21-22H,11-15H2,1-3H3/b24-19-. The van der Waals surface area contributed by atoms with Crippen LogP contribution in [0.2, 0.25) is 0 Å². The van der Waals surface area contributed by atoms with Gasteiger partial charge in [0.1, 0.15) is 11.4 Å². The number of nitrogens with zero attached hydrogens (tertiary/aromatic N) is 4. The van der Waals surface area contributed by atoms with Crippen LogP contribution in [-0.4, -0.2) is 48.5 Å². The van der Waals surface area contributed by atoms with Crippen LogP contribution in [0.1, 0.15) is 23.9 Å². The number of hydrazone groups is 1. The van der Waals surface area contributed by atoms with Gasteiger partial charge in [-0.2, -0.15) is 5.10 Å². The van der Waals surface area contributed by atoms with Crippen LogP contribution in [0, 0.1) is 18.8 Å². The fourth-order valence-electron chi connectivity index (χ4n) is 3.16. The van der Waals surface area contributed by atoms with Crippen LogP contribution < -0.4 is 15.6 Å². The SMILES string of the molecule is CC#CCn1c(N2CCNCC2)nc(/C(=N\NC)c2ccccc2)c1C. The van der Waals surface area contributed by atoms with E-state index in [9.17, 15) is 0 Å². The molecular weight excluding hydrogens is 324 g/mol. The molecule has 26 heavy (non-hydrogen) atoms. The van der Waals surface area contributed by atoms with Crippen molar-refractivity contribution in [3.8, 4) is 11.8 Å². The van der Waals surface area contributed by atoms with Gasteiger partial charge in [-0.1, -0.05) is 36.3 Å². The second-order valence-corrected chi connectivity index (χ2v) is 6.15.